The molecule has 2 fully saturated rings. The smallest absolute Gasteiger partial charge is 0.324 e. The summed E-state index contributed by atoms with van der Waals surface area (Å²) in [6.07, 6.45) is 1.85. The molecular weight excluding hydrogens is 408 g/mol. The number of hydrogen-bond donors (Lipinski definition) is 2. The van der Waals surface area contributed by atoms with E-state index in [1.54, 1.807) is 30.0 Å². The van der Waals surface area contributed by atoms with Crippen molar-refractivity contribution in [2.24, 2.45) is 5.92 Å². The minimum Gasteiger partial charge on any atom is -0.324 e. The van der Waals surface area contributed by atoms with Gasteiger partial charge in [-0.05, 0) is 63.3 Å². The molecule has 29 heavy (non-hydrogen) atoms. The second-order valence-corrected chi connectivity index (χ2v) is 9.86. The van der Waals surface area contributed by atoms with Gasteiger partial charge in [0.05, 0.1) is 0 Å². The zero-order valence-corrected chi connectivity index (χ0v) is 18.1. The number of nitrogens with one attached hydrogen (secondary N) is 2. The molecule has 1 saturated heterocycles. The third-order valence-corrected chi connectivity index (χ3v) is 7.32. The number of rotatable bonds is 6. The molecule has 1 saturated carbocycles. The summed E-state index contributed by atoms with van der Waals surface area (Å²) in [6, 6.07) is 5.23. The Hall–Kier alpha value is -2.39. The maximum atomic E-state index is 12.6. The molecule has 152 valence electrons. The maximum Gasteiger partial charge on any atom is 0.325 e. The monoisotopic (exact) mass is 430 g/mol. The summed E-state index contributed by atoms with van der Waals surface area (Å²) >= 11 is 3.17. The van der Waals surface area contributed by atoms with Crippen LogP contribution in [0.2, 0.25) is 0 Å². The molecule has 2 aromatic rings. The molecule has 1 aromatic carbocycles. The third-order valence-electron chi connectivity index (χ3n) is 5.27. The molecule has 4 amide bonds. The van der Waals surface area contributed by atoms with Crippen LogP contribution in [0.15, 0.2) is 32.8 Å². The van der Waals surface area contributed by atoms with Crippen LogP contribution in [0.1, 0.15) is 31.0 Å². The lowest BCUT2D eigenvalue weighted by molar-refractivity contribution is -0.134. The summed E-state index contributed by atoms with van der Waals surface area (Å²) in [5.41, 5.74) is 1.68. The van der Waals surface area contributed by atoms with Crippen LogP contribution in [0.5, 0.6) is 0 Å². The van der Waals surface area contributed by atoms with Gasteiger partial charge in [0.1, 0.15) is 12.1 Å². The van der Waals surface area contributed by atoms with Crippen LogP contribution >= 0.6 is 23.1 Å². The molecule has 1 aromatic heterocycles. The van der Waals surface area contributed by atoms with Crippen molar-refractivity contribution in [3.63, 3.8) is 0 Å². The minimum atomic E-state index is -0.875. The molecule has 2 heterocycles. The normalized spacial score (nSPS) is 21.4. The van der Waals surface area contributed by atoms with E-state index in [2.05, 4.69) is 15.6 Å². The predicted octanol–water partition coefficient (Wildman–Crippen LogP) is 3.57. The van der Waals surface area contributed by atoms with Gasteiger partial charge in [0.15, 0.2) is 4.34 Å². The first kappa shape index (κ1) is 19.9. The predicted molar refractivity (Wildman–Crippen MR) is 112 cm³/mol. The van der Waals surface area contributed by atoms with Crippen LogP contribution in [-0.2, 0) is 9.59 Å². The van der Waals surface area contributed by atoms with E-state index in [1.165, 1.54) is 0 Å². The number of anilines is 1. The summed E-state index contributed by atoms with van der Waals surface area (Å²) in [5, 5.41) is 7.57. The van der Waals surface area contributed by atoms with Crippen LogP contribution in [0, 0.1) is 19.8 Å². The van der Waals surface area contributed by atoms with E-state index in [0.717, 1.165) is 38.2 Å². The first-order valence-corrected chi connectivity index (χ1v) is 11.1. The van der Waals surface area contributed by atoms with Crippen molar-refractivity contribution < 1.29 is 14.4 Å². The number of imide groups is 1. The number of hydrogen-bond acceptors (Lipinski definition) is 6. The zero-order chi connectivity index (χ0) is 20.8. The highest BCUT2D eigenvalue weighted by molar-refractivity contribution is 8.01. The van der Waals surface area contributed by atoms with Gasteiger partial charge in [0.25, 0.3) is 5.91 Å². The van der Waals surface area contributed by atoms with E-state index in [9.17, 15) is 14.4 Å². The summed E-state index contributed by atoms with van der Waals surface area (Å²) in [7, 11) is 0. The molecule has 4 rings (SSSR count). The van der Waals surface area contributed by atoms with E-state index >= 15 is 0 Å². The van der Waals surface area contributed by atoms with E-state index in [-0.39, 0.29) is 18.4 Å². The fraction of sp³-hybridized carbons (Fsp3) is 0.400. The fourth-order valence-corrected chi connectivity index (χ4v) is 5.36. The van der Waals surface area contributed by atoms with Crippen LogP contribution in [-0.4, -0.2) is 39.8 Å². The lowest BCUT2D eigenvalue weighted by Gasteiger charge is -2.20. The molecule has 1 unspecified atom stereocenters. The van der Waals surface area contributed by atoms with Crippen LogP contribution in [0.4, 0.5) is 10.5 Å². The minimum absolute atomic E-state index is 0.168. The molecule has 1 aliphatic carbocycles. The van der Waals surface area contributed by atoms with Crippen molar-refractivity contribution in [1.29, 1.82) is 0 Å². The number of thiazole rings is 1. The summed E-state index contributed by atoms with van der Waals surface area (Å²) in [4.78, 5) is 43.8. The Morgan fingerprint density at radius 1 is 1.38 bits per heavy atom. The number of aromatic nitrogens is 1. The Bertz CT molecular complexity index is 1000. The Labute approximate surface area is 177 Å². The highest BCUT2D eigenvalue weighted by atomic mass is 32.2. The zero-order valence-electron chi connectivity index (χ0n) is 16.4. The highest BCUT2D eigenvalue weighted by Crippen LogP contribution is 2.42. The second-order valence-electron chi connectivity index (χ2n) is 7.68. The maximum absolute atomic E-state index is 12.6. The van der Waals surface area contributed by atoms with E-state index in [4.69, 9.17) is 0 Å². The van der Waals surface area contributed by atoms with Crippen molar-refractivity contribution in [3.8, 4) is 0 Å². The average Bonchev–Trinajstić information content (AvgIpc) is 3.41. The number of urea groups is 1. The Balaban J connectivity index is 1.39. The number of carbonyl (C=O) groups is 3. The van der Waals surface area contributed by atoms with Gasteiger partial charge in [-0.25, -0.2) is 9.78 Å². The van der Waals surface area contributed by atoms with Gasteiger partial charge in [-0.15, -0.1) is 11.3 Å². The number of amides is 4. The fourth-order valence-electron chi connectivity index (χ4n) is 3.45. The number of aryl methyl sites for hydroxylation is 2. The lowest BCUT2D eigenvalue weighted by Crippen LogP contribution is -2.46. The molecular formula is C20H22N4O3S2. The van der Waals surface area contributed by atoms with Crippen molar-refractivity contribution >= 4 is 46.6 Å². The molecule has 7 nitrogen and oxygen atoms in total. The van der Waals surface area contributed by atoms with E-state index < -0.39 is 17.5 Å². The average molecular weight is 431 g/mol. The van der Waals surface area contributed by atoms with Crippen LogP contribution < -0.4 is 10.6 Å². The van der Waals surface area contributed by atoms with Crippen molar-refractivity contribution in [1.82, 2.24) is 15.2 Å². The molecule has 0 bridgehead atoms. The van der Waals surface area contributed by atoms with Gasteiger partial charge in [-0.2, -0.15) is 0 Å². The Morgan fingerprint density at radius 3 is 2.76 bits per heavy atom. The Kier molecular flexibility index (Phi) is 5.12. The standard InChI is InChI=1S/C20H22N4O3S2/c1-11-8-14(29-19-21-12(2)10-28-19)6-7-15(11)22-16(25)9-24-17(26)20(3,13-4-5-13)23-18(24)27/h6-8,10,13H,4-5,9H2,1-3H3,(H,22,25)(H,23,27). The van der Waals surface area contributed by atoms with Gasteiger partial charge in [0.2, 0.25) is 5.91 Å². The first-order valence-electron chi connectivity index (χ1n) is 9.41. The highest BCUT2D eigenvalue weighted by Gasteiger charge is 2.56. The SMILES string of the molecule is Cc1csc(Sc2ccc(NC(=O)CN3C(=O)NC(C)(C4CC4)C3=O)c(C)c2)n1. The largest absolute Gasteiger partial charge is 0.325 e. The first-order chi connectivity index (χ1) is 13.8. The van der Waals surface area contributed by atoms with Crippen molar-refractivity contribution in [2.75, 3.05) is 11.9 Å². The van der Waals surface area contributed by atoms with E-state index in [0.29, 0.717) is 5.69 Å². The quantitative estimate of drug-likeness (QED) is 0.684. The molecule has 1 aliphatic heterocycles. The molecule has 1 atom stereocenters. The summed E-state index contributed by atoms with van der Waals surface area (Å²) < 4.78 is 0.968. The molecule has 0 radical (unpaired) electrons. The van der Waals surface area contributed by atoms with Crippen molar-refractivity contribution in [2.45, 2.75) is 48.4 Å². The summed E-state index contributed by atoms with van der Waals surface area (Å²) in [6.45, 7) is 5.32. The third kappa shape index (κ3) is 4.02. The second kappa shape index (κ2) is 7.46. The molecule has 2 aliphatic rings. The van der Waals surface area contributed by atoms with Gasteiger partial charge in [-0.3, -0.25) is 14.5 Å². The van der Waals surface area contributed by atoms with Crippen molar-refractivity contribution in [3.05, 3.63) is 34.8 Å². The van der Waals surface area contributed by atoms with Gasteiger partial charge in [-0.1, -0.05) is 11.8 Å². The topological polar surface area (TPSA) is 91.4 Å². The lowest BCUT2D eigenvalue weighted by atomic mass is 9.96. The van der Waals surface area contributed by atoms with Gasteiger partial charge >= 0.3 is 6.03 Å². The van der Waals surface area contributed by atoms with E-state index in [1.807, 2.05) is 37.4 Å². The van der Waals surface area contributed by atoms with Gasteiger partial charge < -0.3 is 10.6 Å². The van der Waals surface area contributed by atoms with Crippen LogP contribution in [0.3, 0.4) is 0 Å². The molecule has 9 heteroatoms. The number of carbonyl (C=O) groups excluding carboxylic acids is 3. The molecule has 0 spiro atoms. The molecule has 2 N–H and O–H groups in total. The summed E-state index contributed by atoms with van der Waals surface area (Å²) in [5.74, 6) is -0.545. The Morgan fingerprint density at radius 2 is 2.14 bits per heavy atom. The number of benzene rings is 1. The van der Waals surface area contributed by atoms with Gasteiger partial charge in [0, 0.05) is 21.7 Å². The van der Waals surface area contributed by atoms with Crippen LogP contribution in [0.25, 0.3) is 0 Å². The number of nitrogens with zero attached hydrogens (tertiary/aromatic N) is 2.